The third-order valence-corrected chi connectivity index (χ3v) is 7.55. The second kappa shape index (κ2) is 7.09. The molecule has 1 saturated heterocycles. The summed E-state index contributed by atoms with van der Waals surface area (Å²) in [6.07, 6.45) is 0. The number of benzene rings is 1. The number of hydrogen-bond acceptors (Lipinski definition) is 6. The summed E-state index contributed by atoms with van der Waals surface area (Å²) in [6, 6.07) is 4.86. The summed E-state index contributed by atoms with van der Waals surface area (Å²) in [5.41, 5.74) is 0.706. The summed E-state index contributed by atoms with van der Waals surface area (Å²) in [6.45, 7) is 0. The Morgan fingerprint density at radius 2 is 2.16 bits per heavy atom. The number of anilines is 1. The van der Waals surface area contributed by atoms with Crippen molar-refractivity contribution in [3.05, 3.63) is 27.7 Å². The summed E-state index contributed by atoms with van der Waals surface area (Å²) in [5.74, 6) is 0.287. The Kier molecular flexibility index (Phi) is 5.39. The number of carbonyl (C=O) groups is 1. The fourth-order valence-electron chi connectivity index (χ4n) is 2.85. The fourth-order valence-corrected chi connectivity index (χ4v) is 6.55. The summed E-state index contributed by atoms with van der Waals surface area (Å²) >= 11 is 11.1. The van der Waals surface area contributed by atoms with E-state index in [0.29, 0.717) is 15.9 Å². The van der Waals surface area contributed by atoms with Crippen molar-refractivity contribution in [2.75, 3.05) is 36.3 Å². The van der Waals surface area contributed by atoms with E-state index in [1.165, 1.54) is 16.7 Å². The highest BCUT2D eigenvalue weighted by Gasteiger charge is 2.47. The van der Waals surface area contributed by atoms with Gasteiger partial charge < -0.3 is 9.80 Å². The Labute approximate surface area is 164 Å². The molecule has 0 saturated carbocycles. The lowest BCUT2D eigenvalue weighted by Crippen LogP contribution is -2.39. The molecule has 6 nitrogen and oxygen atoms in total. The zero-order valence-electron chi connectivity index (χ0n) is 13.6. The van der Waals surface area contributed by atoms with Gasteiger partial charge in [0, 0.05) is 18.6 Å². The lowest BCUT2D eigenvalue weighted by atomic mass is 10.1. The second-order valence-corrected chi connectivity index (χ2v) is 10.6. The first-order chi connectivity index (χ1) is 11.7. The number of rotatable bonds is 3. The zero-order valence-corrected chi connectivity index (χ0v) is 17.6. The molecule has 2 aliphatic heterocycles. The molecule has 136 valence electrons. The topological polar surface area (TPSA) is 70.0 Å². The number of aliphatic imine (C=N–C) groups is 1. The van der Waals surface area contributed by atoms with Crippen molar-refractivity contribution in [3.63, 3.8) is 0 Å². The minimum absolute atomic E-state index is 0.0285. The Morgan fingerprint density at radius 3 is 2.80 bits per heavy atom. The van der Waals surface area contributed by atoms with Gasteiger partial charge in [0.25, 0.3) is 0 Å². The molecule has 0 unspecified atom stereocenters. The van der Waals surface area contributed by atoms with Crippen LogP contribution in [0.4, 0.5) is 5.69 Å². The molecule has 1 aromatic carbocycles. The van der Waals surface area contributed by atoms with Gasteiger partial charge in [-0.3, -0.25) is 9.79 Å². The SMILES string of the molecule is CN(C)C(=O)CSC1=N[C@H]2CS(=O)(=O)C[C@H]2N1c1ccc(Br)cc1Cl. The van der Waals surface area contributed by atoms with Crippen molar-refractivity contribution in [1.29, 1.82) is 0 Å². The lowest BCUT2D eigenvalue weighted by molar-refractivity contribution is -0.125. The van der Waals surface area contributed by atoms with Crippen LogP contribution >= 0.6 is 39.3 Å². The number of amidine groups is 1. The van der Waals surface area contributed by atoms with E-state index in [9.17, 15) is 13.2 Å². The normalized spacial score (nSPS) is 24.2. The molecule has 2 heterocycles. The number of carbonyl (C=O) groups excluding carboxylic acids is 1. The van der Waals surface area contributed by atoms with E-state index in [-0.39, 0.29) is 35.2 Å². The number of fused-ring (bicyclic) bond motifs is 1. The van der Waals surface area contributed by atoms with E-state index < -0.39 is 9.84 Å². The molecule has 0 bridgehead atoms. The van der Waals surface area contributed by atoms with Crippen LogP contribution in [0, 0.1) is 0 Å². The van der Waals surface area contributed by atoms with Crippen LogP contribution in [0.2, 0.25) is 5.02 Å². The van der Waals surface area contributed by atoms with Gasteiger partial charge in [0.15, 0.2) is 15.0 Å². The molecule has 0 N–H and O–H groups in total. The summed E-state index contributed by atoms with van der Waals surface area (Å²) in [7, 11) is 0.276. The summed E-state index contributed by atoms with van der Waals surface area (Å²) in [5, 5.41) is 1.15. The number of amides is 1. The molecule has 25 heavy (non-hydrogen) atoms. The first-order valence-electron chi connectivity index (χ1n) is 7.53. The van der Waals surface area contributed by atoms with Gasteiger partial charge in [-0.25, -0.2) is 8.42 Å². The summed E-state index contributed by atoms with van der Waals surface area (Å²) in [4.78, 5) is 19.9. The van der Waals surface area contributed by atoms with Crippen molar-refractivity contribution < 1.29 is 13.2 Å². The molecule has 3 rings (SSSR count). The highest BCUT2D eigenvalue weighted by atomic mass is 79.9. The van der Waals surface area contributed by atoms with Gasteiger partial charge in [0.2, 0.25) is 5.91 Å². The van der Waals surface area contributed by atoms with Crippen LogP contribution in [0.5, 0.6) is 0 Å². The minimum Gasteiger partial charge on any atom is -0.348 e. The van der Waals surface area contributed by atoms with Crippen LogP contribution in [-0.2, 0) is 14.6 Å². The van der Waals surface area contributed by atoms with E-state index >= 15 is 0 Å². The third-order valence-electron chi connectivity index (χ3n) is 4.10. The van der Waals surface area contributed by atoms with Crippen molar-refractivity contribution in [2.24, 2.45) is 4.99 Å². The van der Waals surface area contributed by atoms with Gasteiger partial charge in [0.05, 0.1) is 40.1 Å². The van der Waals surface area contributed by atoms with Gasteiger partial charge >= 0.3 is 0 Å². The van der Waals surface area contributed by atoms with Crippen molar-refractivity contribution >= 4 is 65.9 Å². The number of thioether (sulfide) groups is 1. The molecule has 1 amide bonds. The van der Waals surface area contributed by atoms with Crippen LogP contribution in [-0.4, -0.2) is 67.8 Å². The third kappa shape index (κ3) is 3.99. The standard InChI is InChI=1S/C15H17BrClN3O3S2/c1-19(2)14(21)6-24-15-18-11-7-25(22,23)8-13(11)20(15)12-4-3-9(16)5-10(12)17/h3-5,11,13H,6-8H2,1-2H3/t11-,13+/m0/s1. The van der Waals surface area contributed by atoms with Crippen LogP contribution in [0.15, 0.2) is 27.7 Å². The quantitative estimate of drug-likeness (QED) is 0.683. The smallest absolute Gasteiger partial charge is 0.232 e. The highest BCUT2D eigenvalue weighted by Crippen LogP contribution is 2.39. The Bertz CT molecular complexity index is 844. The molecule has 0 spiro atoms. The average molecular weight is 467 g/mol. The van der Waals surface area contributed by atoms with Crippen molar-refractivity contribution in [2.45, 2.75) is 12.1 Å². The molecule has 1 aromatic rings. The van der Waals surface area contributed by atoms with Crippen LogP contribution in [0.3, 0.4) is 0 Å². The Morgan fingerprint density at radius 1 is 1.44 bits per heavy atom. The van der Waals surface area contributed by atoms with Gasteiger partial charge in [-0.1, -0.05) is 39.3 Å². The lowest BCUT2D eigenvalue weighted by Gasteiger charge is -2.27. The maximum Gasteiger partial charge on any atom is 0.232 e. The predicted molar refractivity (Wildman–Crippen MR) is 106 cm³/mol. The Balaban J connectivity index is 1.93. The largest absolute Gasteiger partial charge is 0.348 e. The van der Waals surface area contributed by atoms with Crippen molar-refractivity contribution in [1.82, 2.24) is 4.90 Å². The number of halogens is 2. The van der Waals surface area contributed by atoms with Gasteiger partial charge in [-0.2, -0.15) is 0 Å². The monoisotopic (exact) mass is 465 g/mol. The van der Waals surface area contributed by atoms with Crippen LogP contribution < -0.4 is 4.90 Å². The average Bonchev–Trinajstić information content (AvgIpc) is 2.96. The van der Waals surface area contributed by atoms with Gasteiger partial charge in [-0.15, -0.1) is 0 Å². The van der Waals surface area contributed by atoms with Crippen molar-refractivity contribution in [3.8, 4) is 0 Å². The first kappa shape index (κ1) is 19.0. The molecular formula is C15H17BrClN3O3S2. The molecule has 10 heteroatoms. The number of sulfone groups is 1. The van der Waals surface area contributed by atoms with Crippen LogP contribution in [0.25, 0.3) is 0 Å². The first-order valence-corrected chi connectivity index (χ1v) is 11.5. The van der Waals surface area contributed by atoms with Gasteiger partial charge in [0.1, 0.15) is 0 Å². The molecule has 1 fully saturated rings. The molecule has 2 atom stereocenters. The summed E-state index contributed by atoms with van der Waals surface area (Å²) < 4.78 is 24.9. The minimum atomic E-state index is -3.12. The van der Waals surface area contributed by atoms with Gasteiger partial charge in [-0.05, 0) is 18.2 Å². The zero-order chi connectivity index (χ0) is 18.4. The second-order valence-electron chi connectivity index (χ2n) is 6.17. The van der Waals surface area contributed by atoms with E-state index in [1.54, 1.807) is 20.2 Å². The number of nitrogens with zero attached hydrogens (tertiary/aromatic N) is 3. The molecule has 0 radical (unpaired) electrons. The molecule has 2 aliphatic rings. The van der Waals surface area contributed by atoms with E-state index in [0.717, 1.165) is 4.47 Å². The van der Waals surface area contributed by atoms with Crippen LogP contribution in [0.1, 0.15) is 0 Å². The maximum atomic E-state index is 12.0. The van der Waals surface area contributed by atoms with E-state index in [1.807, 2.05) is 17.0 Å². The molecule has 0 aliphatic carbocycles. The maximum absolute atomic E-state index is 12.0. The Hall–Kier alpha value is -0.770. The predicted octanol–water partition coefficient (Wildman–Crippen LogP) is 2.27. The number of hydrogen-bond donors (Lipinski definition) is 0. The van der Waals surface area contributed by atoms with E-state index in [4.69, 9.17) is 11.6 Å². The molecule has 0 aromatic heterocycles. The molecular weight excluding hydrogens is 450 g/mol. The highest BCUT2D eigenvalue weighted by molar-refractivity contribution is 9.10. The van der Waals surface area contributed by atoms with E-state index in [2.05, 4.69) is 20.9 Å². The fraction of sp³-hybridized carbons (Fsp3) is 0.467.